The normalized spacial score (nSPS) is 21.9. The van der Waals surface area contributed by atoms with Gasteiger partial charge in [-0.2, -0.15) is 0 Å². The molecule has 2 heterocycles. The second kappa shape index (κ2) is 6.52. The molecule has 29 heavy (non-hydrogen) atoms. The molecule has 152 valence electrons. The summed E-state index contributed by atoms with van der Waals surface area (Å²) in [7, 11) is 2.23. The van der Waals surface area contributed by atoms with Crippen molar-refractivity contribution in [2.75, 3.05) is 37.3 Å². The Labute approximate surface area is 172 Å². The Morgan fingerprint density at radius 1 is 1.14 bits per heavy atom. The van der Waals surface area contributed by atoms with E-state index >= 15 is 0 Å². The number of piperazine rings is 1. The molecule has 1 aromatic heterocycles. The molecule has 2 aromatic rings. The van der Waals surface area contributed by atoms with Crippen LogP contribution in [0.1, 0.15) is 49.4 Å². The average molecular weight is 391 g/mol. The molecule has 0 unspecified atom stereocenters. The van der Waals surface area contributed by atoms with Gasteiger partial charge in [-0.3, -0.25) is 10.3 Å². The molecule has 3 aliphatic rings. The number of rotatable bonds is 5. The zero-order chi connectivity index (χ0) is 20.2. The molecule has 2 aliphatic carbocycles. The Hall–Kier alpha value is -2.47. The molecule has 2 saturated carbocycles. The summed E-state index contributed by atoms with van der Waals surface area (Å²) in [5.74, 6) is 0.916. The number of hydrogen-bond donors (Lipinski definition) is 2. The van der Waals surface area contributed by atoms with E-state index in [-0.39, 0.29) is 0 Å². The van der Waals surface area contributed by atoms with E-state index in [0.29, 0.717) is 28.0 Å². The molecule has 0 bridgehead atoms. The van der Waals surface area contributed by atoms with Crippen LogP contribution in [0.15, 0.2) is 30.6 Å². The van der Waals surface area contributed by atoms with E-state index in [2.05, 4.69) is 45.9 Å². The van der Waals surface area contributed by atoms with Gasteiger partial charge in [0.25, 0.3) is 0 Å². The van der Waals surface area contributed by atoms with Gasteiger partial charge in [0.2, 0.25) is 0 Å². The van der Waals surface area contributed by atoms with Gasteiger partial charge in [-0.15, -0.1) is 0 Å². The number of nitrogens with zero attached hydrogens (tertiary/aromatic N) is 4. The SMILES string of the molecule is CN1CCN(c2cc(C(=N)c3cc(CC4(C)CC4)ccc3N)ncn2)CC12CC2. The maximum atomic E-state index is 8.79. The predicted octanol–water partition coefficient (Wildman–Crippen LogP) is 3.10. The second-order valence-corrected chi connectivity index (χ2v) is 9.61. The first kappa shape index (κ1) is 18.6. The van der Waals surface area contributed by atoms with Crippen molar-refractivity contribution in [1.82, 2.24) is 14.9 Å². The largest absolute Gasteiger partial charge is 0.398 e. The van der Waals surface area contributed by atoms with Crippen LogP contribution in [0.4, 0.5) is 11.5 Å². The van der Waals surface area contributed by atoms with Crippen LogP contribution in [-0.4, -0.2) is 52.8 Å². The van der Waals surface area contributed by atoms with E-state index in [1.165, 1.54) is 31.2 Å². The van der Waals surface area contributed by atoms with Crippen molar-refractivity contribution in [3.8, 4) is 0 Å². The minimum absolute atomic E-state index is 0.328. The van der Waals surface area contributed by atoms with Gasteiger partial charge in [-0.1, -0.05) is 13.0 Å². The van der Waals surface area contributed by atoms with Gasteiger partial charge in [0.05, 0.1) is 11.4 Å². The van der Waals surface area contributed by atoms with Crippen LogP contribution in [0, 0.1) is 10.8 Å². The molecule has 1 aliphatic heterocycles. The average Bonchev–Trinajstić information content (AvgIpc) is 3.64. The highest BCUT2D eigenvalue weighted by Gasteiger charge is 2.49. The third-order valence-electron chi connectivity index (χ3n) is 7.18. The highest BCUT2D eigenvalue weighted by atomic mass is 15.3. The summed E-state index contributed by atoms with van der Waals surface area (Å²) in [4.78, 5) is 13.8. The molecular formula is C23H30N6. The zero-order valence-electron chi connectivity index (χ0n) is 17.4. The van der Waals surface area contributed by atoms with E-state index in [9.17, 15) is 0 Å². The first-order chi connectivity index (χ1) is 13.9. The minimum atomic E-state index is 0.328. The lowest BCUT2D eigenvalue weighted by Crippen LogP contribution is -2.53. The monoisotopic (exact) mass is 390 g/mol. The first-order valence-corrected chi connectivity index (χ1v) is 10.6. The fourth-order valence-corrected chi connectivity index (χ4v) is 4.55. The van der Waals surface area contributed by atoms with E-state index in [4.69, 9.17) is 11.1 Å². The van der Waals surface area contributed by atoms with Gasteiger partial charge < -0.3 is 10.6 Å². The summed E-state index contributed by atoms with van der Waals surface area (Å²) in [5, 5.41) is 8.79. The standard InChI is InChI=1S/C23H30N6/c1-22(5-6-22)13-16-3-4-18(24)17(11-16)21(25)19-12-20(27-15-26-19)29-10-9-28(2)23(14-29)7-8-23/h3-4,11-12,15,25H,5-10,13-14,24H2,1-2H3. The number of nitrogen functional groups attached to an aromatic ring is 1. The van der Waals surface area contributed by atoms with Crippen molar-refractivity contribution >= 4 is 17.2 Å². The van der Waals surface area contributed by atoms with Gasteiger partial charge >= 0.3 is 0 Å². The maximum Gasteiger partial charge on any atom is 0.132 e. The zero-order valence-corrected chi connectivity index (χ0v) is 17.4. The molecule has 6 heteroatoms. The Morgan fingerprint density at radius 2 is 1.93 bits per heavy atom. The molecule has 6 nitrogen and oxygen atoms in total. The van der Waals surface area contributed by atoms with E-state index in [0.717, 1.165) is 37.4 Å². The van der Waals surface area contributed by atoms with Gasteiger partial charge in [0.1, 0.15) is 12.1 Å². The van der Waals surface area contributed by atoms with E-state index in [1.807, 2.05) is 12.1 Å². The Balaban J connectivity index is 1.39. The van der Waals surface area contributed by atoms with Gasteiger partial charge in [0, 0.05) is 42.5 Å². The predicted molar refractivity (Wildman–Crippen MR) is 117 cm³/mol. The third-order valence-corrected chi connectivity index (χ3v) is 7.18. The molecule has 3 N–H and O–H groups in total. The molecule has 1 saturated heterocycles. The second-order valence-electron chi connectivity index (χ2n) is 9.61. The number of likely N-dealkylation sites (N-methyl/N-ethyl adjacent to an activating group) is 1. The van der Waals surface area contributed by atoms with Gasteiger partial charge in [-0.05, 0) is 62.3 Å². The molecule has 0 atom stereocenters. The summed E-state index contributed by atoms with van der Waals surface area (Å²) < 4.78 is 0. The molecule has 5 rings (SSSR count). The van der Waals surface area contributed by atoms with Crippen LogP contribution in [0.25, 0.3) is 0 Å². The summed E-state index contributed by atoms with van der Waals surface area (Å²) in [5.41, 5.74) is 10.7. The summed E-state index contributed by atoms with van der Waals surface area (Å²) in [6.07, 6.45) is 7.72. The van der Waals surface area contributed by atoms with Crippen LogP contribution in [0.2, 0.25) is 0 Å². The lowest BCUT2D eigenvalue weighted by molar-refractivity contribution is 0.198. The van der Waals surface area contributed by atoms with Crippen LogP contribution in [0.5, 0.6) is 0 Å². The lowest BCUT2D eigenvalue weighted by atomic mass is 9.95. The molecular weight excluding hydrogens is 360 g/mol. The number of nitrogens with one attached hydrogen (secondary N) is 1. The quantitative estimate of drug-likeness (QED) is 0.606. The topological polar surface area (TPSA) is 82.1 Å². The van der Waals surface area contributed by atoms with Crippen molar-refractivity contribution in [2.24, 2.45) is 5.41 Å². The van der Waals surface area contributed by atoms with E-state index in [1.54, 1.807) is 6.33 Å². The number of hydrogen-bond acceptors (Lipinski definition) is 6. The molecule has 3 fully saturated rings. The Morgan fingerprint density at radius 3 is 2.66 bits per heavy atom. The summed E-state index contributed by atoms with van der Waals surface area (Å²) >= 11 is 0. The number of nitrogens with two attached hydrogens (primary N) is 1. The van der Waals surface area contributed by atoms with Crippen molar-refractivity contribution in [1.29, 1.82) is 5.41 Å². The fraction of sp³-hybridized carbons (Fsp3) is 0.522. The van der Waals surface area contributed by atoms with Crippen LogP contribution >= 0.6 is 0 Å². The van der Waals surface area contributed by atoms with Crippen molar-refractivity contribution in [3.05, 3.63) is 47.4 Å². The maximum absolute atomic E-state index is 8.79. The fourth-order valence-electron chi connectivity index (χ4n) is 4.55. The van der Waals surface area contributed by atoms with Crippen molar-refractivity contribution in [2.45, 2.75) is 44.6 Å². The molecule has 1 aromatic carbocycles. The van der Waals surface area contributed by atoms with Gasteiger partial charge in [-0.25, -0.2) is 9.97 Å². The molecule has 0 radical (unpaired) electrons. The third kappa shape index (κ3) is 3.50. The highest BCUT2D eigenvalue weighted by molar-refractivity contribution is 6.13. The minimum Gasteiger partial charge on any atom is -0.398 e. The molecule has 0 amide bonds. The van der Waals surface area contributed by atoms with Crippen LogP contribution < -0.4 is 10.6 Å². The molecule has 1 spiro atoms. The van der Waals surface area contributed by atoms with Crippen LogP contribution in [-0.2, 0) is 6.42 Å². The smallest absolute Gasteiger partial charge is 0.132 e. The van der Waals surface area contributed by atoms with E-state index < -0.39 is 0 Å². The Kier molecular flexibility index (Phi) is 4.17. The number of benzene rings is 1. The first-order valence-electron chi connectivity index (χ1n) is 10.6. The Bertz CT molecular complexity index is 960. The van der Waals surface area contributed by atoms with Gasteiger partial charge in [0.15, 0.2) is 0 Å². The van der Waals surface area contributed by atoms with Crippen molar-refractivity contribution in [3.63, 3.8) is 0 Å². The number of anilines is 2. The summed E-state index contributed by atoms with van der Waals surface area (Å²) in [6.45, 7) is 5.33. The van der Waals surface area contributed by atoms with Crippen LogP contribution in [0.3, 0.4) is 0 Å². The summed E-state index contributed by atoms with van der Waals surface area (Å²) in [6, 6.07) is 8.07. The lowest BCUT2D eigenvalue weighted by Gasteiger charge is -2.40. The number of aromatic nitrogens is 2. The van der Waals surface area contributed by atoms with Crippen molar-refractivity contribution < 1.29 is 0 Å². The highest BCUT2D eigenvalue weighted by Crippen LogP contribution is 2.48.